The van der Waals surface area contributed by atoms with Crippen molar-refractivity contribution in [3.63, 3.8) is 0 Å². The Hall–Kier alpha value is -1.75. The first-order chi connectivity index (χ1) is 11.3. The van der Waals surface area contributed by atoms with Crippen molar-refractivity contribution in [2.45, 2.75) is 25.1 Å². The van der Waals surface area contributed by atoms with E-state index in [1.54, 1.807) is 0 Å². The predicted octanol–water partition coefficient (Wildman–Crippen LogP) is 1.86. The van der Waals surface area contributed by atoms with E-state index in [-0.39, 0.29) is 12.1 Å². The Morgan fingerprint density at radius 2 is 1.87 bits per heavy atom. The van der Waals surface area contributed by atoms with Crippen LogP contribution in [0.1, 0.15) is 22.8 Å². The Morgan fingerprint density at radius 1 is 1.04 bits per heavy atom. The van der Waals surface area contributed by atoms with Crippen LogP contribution in [0.4, 0.5) is 0 Å². The highest BCUT2D eigenvalue weighted by atomic mass is 16.3. The molecule has 0 spiro atoms. The van der Waals surface area contributed by atoms with Crippen LogP contribution in [-0.2, 0) is 13.0 Å². The van der Waals surface area contributed by atoms with E-state index in [0.29, 0.717) is 0 Å². The topological polar surface area (TPSA) is 39.6 Å². The smallest absolute Gasteiger partial charge is 0.0951 e. The van der Waals surface area contributed by atoms with E-state index in [1.165, 1.54) is 11.1 Å². The number of rotatable bonds is 3. The lowest BCUT2D eigenvalue weighted by molar-refractivity contribution is 0.0258. The maximum Gasteiger partial charge on any atom is 0.0951 e. The zero-order chi connectivity index (χ0) is 15.6. The predicted molar refractivity (Wildman–Crippen MR) is 90.0 cm³/mol. The number of aliphatic hydroxyl groups is 1. The number of hydrogen-bond acceptors (Lipinski definition) is 4. The van der Waals surface area contributed by atoms with Gasteiger partial charge in [0.1, 0.15) is 0 Å². The molecule has 2 heterocycles. The summed E-state index contributed by atoms with van der Waals surface area (Å²) in [6.45, 7) is 5.12. The van der Waals surface area contributed by atoms with Crippen molar-refractivity contribution in [2.75, 3.05) is 26.2 Å². The van der Waals surface area contributed by atoms with Gasteiger partial charge in [-0.05, 0) is 29.2 Å². The molecule has 0 amide bonds. The molecule has 4 heteroatoms. The summed E-state index contributed by atoms with van der Waals surface area (Å²) in [5.74, 6) is 0. The summed E-state index contributed by atoms with van der Waals surface area (Å²) < 4.78 is 0. The highest BCUT2D eigenvalue weighted by Gasteiger charge is 2.35. The minimum Gasteiger partial charge on any atom is -0.387 e. The SMILES string of the molecule is OC1c2ccccc2CC1N1CCN(Cc2cccnc2)CC1. The Morgan fingerprint density at radius 3 is 2.61 bits per heavy atom. The van der Waals surface area contributed by atoms with Crippen LogP contribution in [0.15, 0.2) is 48.8 Å². The first-order valence-electron chi connectivity index (χ1n) is 8.42. The van der Waals surface area contributed by atoms with Gasteiger partial charge in [-0.2, -0.15) is 0 Å². The molecule has 2 atom stereocenters. The highest BCUT2D eigenvalue weighted by Crippen LogP contribution is 2.34. The van der Waals surface area contributed by atoms with Gasteiger partial charge in [-0.1, -0.05) is 30.3 Å². The number of aromatic nitrogens is 1. The highest BCUT2D eigenvalue weighted by molar-refractivity contribution is 5.36. The second kappa shape index (κ2) is 6.40. The Kier molecular flexibility index (Phi) is 4.12. The molecular formula is C19H23N3O. The fourth-order valence-electron chi connectivity index (χ4n) is 3.88. The molecule has 23 heavy (non-hydrogen) atoms. The van der Waals surface area contributed by atoms with Crippen LogP contribution in [0.5, 0.6) is 0 Å². The van der Waals surface area contributed by atoms with Gasteiger partial charge < -0.3 is 5.11 Å². The number of aliphatic hydroxyl groups excluding tert-OH is 1. The van der Waals surface area contributed by atoms with Gasteiger partial charge in [0.15, 0.2) is 0 Å². The van der Waals surface area contributed by atoms with Gasteiger partial charge in [0.25, 0.3) is 0 Å². The van der Waals surface area contributed by atoms with Gasteiger partial charge in [0.05, 0.1) is 6.10 Å². The minimum absolute atomic E-state index is 0.243. The van der Waals surface area contributed by atoms with Crippen LogP contribution in [0.2, 0.25) is 0 Å². The molecule has 1 saturated heterocycles. The quantitative estimate of drug-likeness (QED) is 0.939. The molecule has 2 aromatic rings. The number of fused-ring (bicyclic) bond motifs is 1. The second-order valence-electron chi connectivity index (χ2n) is 6.59. The summed E-state index contributed by atoms with van der Waals surface area (Å²) in [4.78, 5) is 9.13. The molecule has 4 nitrogen and oxygen atoms in total. The first kappa shape index (κ1) is 14.8. The van der Waals surface area contributed by atoms with Gasteiger partial charge in [-0.25, -0.2) is 0 Å². The van der Waals surface area contributed by atoms with Crippen molar-refractivity contribution in [1.82, 2.24) is 14.8 Å². The third kappa shape index (κ3) is 3.02. The largest absolute Gasteiger partial charge is 0.387 e. The monoisotopic (exact) mass is 309 g/mol. The third-order valence-corrected chi connectivity index (χ3v) is 5.17. The summed E-state index contributed by atoms with van der Waals surface area (Å²) in [5.41, 5.74) is 3.70. The van der Waals surface area contributed by atoms with Crippen molar-refractivity contribution < 1.29 is 5.11 Å². The Balaban J connectivity index is 1.36. The molecule has 2 unspecified atom stereocenters. The van der Waals surface area contributed by atoms with E-state index in [9.17, 15) is 5.11 Å². The van der Waals surface area contributed by atoms with Gasteiger partial charge in [-0.15, -0.1) is 0 Å². The number of benzene rings is 1. The first-order valence-corrected chi connectivity index (χ1v) is 8.42. The van der Waals surface area contributed by atoms with E-state index in [1.807, 2.05) is 24.5 Å². The lowest BCUT2D eigenvalue weighted by Crippen LogP contribution is -2.51. The molecule has 2 aliphatic rings. The van der Waals surface area contributed by atoms with Crippen LogP contribution in [0.25, 0.3) is 0 Å². The Labute approximate surface area is 137 Å². The lowest BCUT2D eigenvalue weighted by Gasteiger charge is -2.39. The summed E-state index contributed by atoms with van der Waals surface area (Å²) >= 11 is 0. The van der Waals surface area contributed by atoms with Crippen molar-refractivity contribution in [3.05, 3.63) is 65.5 Å². The van der Waals surface area contributed by atoms with Crippen molar-refractivity contribution in [2.24, 2.45) is 0 Å². The van der Waals surface area contributed by atoms with Crippen LogP contribution in [0, 0.1) is 0 Å². The minimum atomic E-state index is -0.337. The molecule has 1 aromatic heterocycles. The zero-order valence-corrected chi connectivity index (χ0v) is 13.3. The molecule has 0 radical (unpaired) electrons. The molecule has 4 rings (SSSR count). The van der Waals surface area contributed by atoms with Gasteiger partial charge in [0.2, 0.25) is 0 Å². The lowest BCUT2D eigenvalue weighted by atomic mass is 10.1. The number of pyridine rings is 1. The average Bonchev–Trinajstić information content (AvgIpc) is 2.94. The van der Waals surface area contributed by atoms with Gasteiger partial charge in [-0.3, -0.25) is 14.8 Å². The number of piperazine rings is 1. The van der Waals surface area contributed by atoms with Crippen LogP contribution < -0.4 is 0 Å². The van der Waals surface area contributed by atoms with Crippen LogP contribution >= 0.6 is 0 Å². The van der Waals surface area contributed by atoms with Crippen molar-refractivity contribution in [1.29, 1.82) is 0 Å². The molecular weight excluding hydrogens is 286 g/mol. The van der Waals surface area contributed by atoms with E-state index >= 15 is 0 Å². The van der Waals surface area contributed by atoms with Crippen LogP contribution in [0.3, 0.4) is 0 Å². The van der Waals surface area contributed by atoms with Crippen molar-refractivity contribution in [3.8, 4) is 0 Å². The van der Waals surface area contributed by atoms with E-state index in [0.717, 1.165) is 44.7 Å². The summed E-state index contributed by atoms with van der Waals surface area (Å²) in [6.07, 6.45) is 4.40. The maximum atomic E-state index is 10.6. The molecule has 1 fully saturated rings. The molecule has 0 saturated carbocycles. The summed E-state index contributed by atoms with van der Waals surface area (Å²) in [5, 5.41) is 10.6. The van der Waals surface area contributed by atoms with E-state index in [2.05, 4.69) is 39.0 Å². The Bertz CT molecular complexity index is 653. The van der Waals surface area contributed by atoms with Crippen LogP contribution in [-0.4, -0.2) is 52.1 Å². The second-order valence-corrected chi connectivity index (χ2v) is 6.59. The summed E-state index contributed by atoms with van der Waals surface area (Å²) in [7, 11) is 0. The molecule has 1 N–H and O–H groups in total. The van der Waals surface area contributed by atoms with Crippen molar-refractivity contribution >= 4 is 0 Å². The molecule has 1 aliphatic heterocycles. The average molecular weight is 309 g/mol. The van der Waals surface area contributed by atoms with Gasteiger partial charge >= 0.3 is 0 Å². The van der Waals surface area contributed by atoms with E-state index < -0.39 is 0 Å². The maximum absolute atomic E-state index is 10.6. The van der Waals surface area contributed by atoms with E-state index in [4.69, 9.17) is 0 Å². The number of hydrogen-bond donors (Lipinski definition) is 1. The van der Waals surface area contributed by atoms with Gasteiger partial charge in [0, 0.05) is 51.2 Å². The normalized spacial score (nSPS) is 25.4. The molecule has 120 valence electrons. The fourth-order valence-corrected chi connectivity index (χ4v) is 3.88. The number of nitrogens with zero attached hydrogens (tertiary/aromatic N) is 3. The fraction of sp³-hybridized carbons (Fsp3) is 0.421. The molecule has 1 aromatic carbocycles. The summed E-state index contributed by atoms with van der Waals surface area (Å²) in [6, 6.07) is 12.7. The molecule has 0 bridgehead atoms. The third-order valence-electron chi connectivity index (χ3n) is 5.17. The standard InChI is InChI=1S/C19H23N3O/c23-19-17-6-2-1-5-16(17)12-18(19)22-10-8-21(9-11-22)14-15-4-3-7-20-13-15/h1-7,13,18-19,23H,8-12,14H2. The zero-order valence-electron chi connectivity index (χ0n) is 13.3. The molecule has 1 aliphatic carbocycles.